The number of hydrogen-bond acceptors (Lipinski definition) is 4. The number of fused-ring (bicyclic) bond motifs is 3. The lowest BCUT2D eigenvalue weighted by Crippen LogP contribution is -2.55. The van der Waals surface area contributed by atoms with Gasteiger partial charge in [0.05, 0.1) is 18.8 Å². The number of piperidine rings is 3. The Hall–Kier alpha value is -1.88. The molecule has 0 aromatic heterocycles. The molecule has 2 bridgehead atoms. The molecule has 0 spiro atoms. The predicted molar refractivity (Wildman–Crippen MR) is 122 cm³/mol. The van der Waals surface area contributed by atoms with Gasteiger partial charge in [0.2, 0.25) is 0 Å². The molecule has 2 atom stereocenters. The lowest BCUT2D eigenvalue weighted by atomic mass is 9.66. The highest BCUT2D eigenvalue weighted by Gasteiger charge is 2.47. The fourth-order valence-corrected chi connectivity index (χ4v) is 5.90. The van der Waals surface area contributed by atoms with Crippen LogP contribution in [0.15, 0.2) is 54.6 Å². The van der Waals surface area contributed by atoms with E-state index in [9.17, 15) is 5.11 Å². The normalized spacial score (nSPS) is 28.2. The molecule has 31 heavy (non-hydrogen) atoms. The van der Waals surface area contributed by atoms with Crippen LogP contribution in [-0.4, -0.2) is 49.0 Å². The number of aliphatic hydroxyl groups is 1. The molecule has 4 nitrogen and oxygen atoms in total. The molecule has 166 valence electrons. The summed E-state index contributed by atoms with van der Waals surface area (Å²) in [5, 5.41) is 12.2. The van der Waals surface area contributed by atoms with Gasteiger partial charge in [0.25, 0.3) is 0 Å². The van der Waals surface area contributed by atoms with Gasteiger partial charge in [-0.1, -0.05) is 48.5 Å². The topological polar surface area (TPSA) is 41.9 Å². The molecule has 4 aliphatic heterocycles. The Morgan fingerprint density at radius 1 is 0.935 bits per heavy atom. The smallest absolute Gasteiger partial charge is 0.122 e. The third kappa shape index (κ3) is 4.52. The number of para-hydroxylation sites is 1. The van der Waals surface area contributed by atoms with E-state index in [1.807, 2.05) is 6.07 Å². The second-order valence-electron chi connectivity index (χ2n) is 9.57. The quantitative estimate of drug-likeness (QED) is 0.719. The lowest BCUT2D eigenvalue weighted by molar-refractivity contribution is -0.106. The summed E-state index contributed by atoms with van der Waals surface area (Å²) in [5.74, 6) is 1.88. The number of hydrogen-bond donors (Lipinski definition) is 1. The Balaban J connectivity index is 1.37. The average Bonchev–Trinajstić information content (AvgIpc) is 2.85. The number of benzene rings is 2. The van der Waals surface area contributed by atoms with Crippen molar-refractivity contribution < 1.29 is 14.6 Å². The predicted octanol–water partition coefficient (Wildman–Crippen LogP) is 4.41. The van der Waals surface area contributed by atoms with Crippen molar-refractivity contribution in [2.75, 3.05) is 32.8 Å². The summed E-state index contributed by atoms with van der Waals surface area (Å²) in [5.41, 5.74) is 1.46. The van der Waals surface area contributed by atoms with Gasteiger partial charge in [-0.3, -0.25) is 0 Å². The fourth-order valence-electron chi connectivity index (χ4n) is 5.90. The highest BCUT2D eigenvalue weighted by Crippen LogP contribution is 2.46. The minimum absolute atomic E-state index is 0.227. The van der Waals surface area contributed by atoms with Crippen LogP contribution in [-0.2, 0) is 16.8 Å². The van der Waals surface area contributed by atoms with Gasteiger partial charge in [-0.25, -0.2) is 0 Å². The first kappa shape index (κ1) is 21.0. The highest BCUT2D eigenvalue weighted by atomic mass is 16.5. The van der Waals surface area contributed by atoms with Crippen LogP contribution in [0.3, 0.4) is 0 Å². The van der Waals surface area contributed by atoms with Crippen LogP contribution >= 0.6 is 0 Å². The van der Waals surface area contributed by atoms with Gasteiger partial charge in [0, 0.05) is 25.3 Å². The molecule has 0 radical (unpaired) electrons. The Bertz CT molecular complexity index is 843. The van der Waals surface area contributed by atoms with E-state index in [0.29, 0.717) is 11.8 Å². The maximum Gasteiger partial charge on any atom is 0.122 e. The summed E-state index contributed by atoms with van der Waals surface area (Å²) in [4.78, 5) is 2.54. The van der Waals surface area contributed by atoms with Crippen molar-refractivity contribution >= 4 is 0 Å². The summed E-state index contributed by atoms with van der Waals surface area (Å²) >= 11 is 0. The Labute approximate surface area is 186 Å². The Morgan fingerprint density at radius 3 is 2.35 bits per heavy atom. The van der Waals surface area contributed by atoms with Crippen molar-refractivity contribution in [3.63, 3.8) is 0 Å². The zero-order chi connectivity index (χ0) is 21.1. The van der Waals surface area contributed by atoms with E-state index in [1.54, 1.807) is 0 Å². The second-order valence-corrected chi connectivity index (χ2v) is 9.57. The third-order valence-corrected chi connectivity index (χ3v) is 7.75. The van der Waals surface area contributed by atoms with Crippen molar-refractivity contribution in [1.29, 1.82) is 0 Å². The van der Waals surface area contributed by atoms with Crippen LogP contribution in [0.4, 0.5) is 0 Å². The first-order valence-corrected chi connectivity index (χ1v) is 12.0. The summed E-state index contributed by atoms with van der Waals surface area (Å²) in [6, 6.07) is 18.8. The number of rotatable bonds is 7. The van der Waals surface area contributed by atoms with E-state index in [1.165, 1.54) is 31.5 Å². The van der Waals surface area contributed by atoms with Crippen LogP contribution in [0.5, 0.6) is 5.75 Å². The van der Waals surface area contributed by atoms with Crippen LogP contribution < -0.4 is 4.74 Å². The highest BCUT2D eigenvalue weighted by molar-refractivity contribution is 5.34. The minimum Gasteiger partial charge on any atom is -0.490 e. The molecule has 6 rings (SSSR count). The van der Waals surface area contributed by atoms with E-state index in [2.05, 4.69) is 53.4 Å². The Morgan fingerprint density at radius 2 is 1.65 bits per heavy atom. The number of nitrogens with zero attached hydrogens (tertiary/aromatic N) is 1. The maximum atomic E-state index is 12.2. The summed E-state index contributed by atoms with van der Waals surface area (Å²) in [6.45, 7) is 4.94. The molecule has 4 saturated heterocycles. The molecule has 0 aliphatic carbocycles. The molecule has 0 unspecified atom stereocenters. The second kappa shape index (κ2) is 9.32. The van der Waals surface area contributed by atoms with Gasteiger partial charge < -0.3 is 19.5 Å². The lowest BCUT2D eigenvalue weighted by Gasteiger charge is -2.51. The van der Waals surface area contributed by atoms with Crippen molar-refractivity contribution in [3.8, 4) is 5.75 Å². The molecule has 4 heteroatoms. The van der Waals surface area contributed by atoms with Crippen LogP contribution in [0.25, 0.3) is 0 Å². The molecule has 2 aromatic carbocycles. The molecule has 4 aliphatic rings. The number of ether oxygens (including phenoxy) is 2. The van der Waals surface area contributed by atoms with Crippen molar-refractivity contribution in [2.24, 2.45) is 11.8 Å². The molecule has 4 fully saturated rings. The van der Waals surface area contributed by atoms with Crippen LogP contribution in [0.1, 0.15) is 43.2 Å². The largest absolute Gasteiger partial charge is 0.490 e. The van der Waals surface area contributed by atoms with Crippen molar-refractivity contribution in [2.45, 2.75) is 50.2 Å². The zero-order valence-corrected chi connectivity index (χ0v) is 18.4. The number of aryl methyl sites for hydroxylation is 1. The van der Waals surface area contributed by atoms with Crippen LogP contribution in [0.2, 0.25) is 0 Å². The van der Waals surface area contributed by atoms with E-state index in [0.717, 1.165) is 56.8 Å². The van der Waals surface area contributed by atoms with Crippen molar-refractivity contribution in [3.05, 3.63) is 65.7 Å². The zero-order valence-electron chi connectivity index (χ0n) is 18.4. The average molecular weight is 422 g/mol. The summed E-state index contributed by atoms with van der Waals surface area (Å²) < 4.78 is 11.9. The van der Waals surface area contributed by atoms with E-state index >= 15 is 0 Å². The molecule has 1 N–H and O–H groups in total. The SMILES string of the molecule is O[C@](CCc1ccccc1OC1CCOCC1)(c1ccccc1)[C@H]1CN2CCC1CC2. The van der Waals surface area contributed by atoms with Gasteiger partial charge >= 0.3 is 0 Å². The Kier molecular flexibility index (Phi) is 6.31. The maximum absolute atomic E-state index is 12.2. The standard InChI is InChI=1S/C27H35NO3/c29-27(23-7-2-1-3-8-23,25-20-28-16-11-21(25)12-17-28)15-10-22-6-4-5-9-26(22)31-24-13-18-30-19-14-24/h1-9,21,24-25,29H,10-20H2/t25-,27+/m0/s1. The van der Waals surface area contributed by atoms with Crippen molar-refractivity contribution in [1.82, 2.24) is 4.90 Å². The van der Waals surface area contributed by atoms with Gasteiger partial charge in [-0.2, -0.15) is 0 Å². The summed E-state index contributed by atoms with van der Waals surface area (Å²) in [7, 11) is 0. The van der Waals surface area contributed by atoms with Gasteiger partial charge in [-0.15, -0.1) is 0 Å². The molecule has 0 amide bonds. The minimum atomic E-state index is -0.809. The van der Waals surface area contributed by atoms with Gasteiger partial charge in [0.15, 0.2) is 0 Å². The molecular formula is C27H35NO3. The van der Waals surface area contributed by atoms with Gasteiger partial charge in [0.1, 0.15) is 11.9 Å². The molecule has 4 heterocycles. The first-order chi connectivity index (χ1) is 15.2. The van der Waals surface area contributed by atoms with Gasteiger partial charge in [-0.05, 0) is 61.9 Å². The monoisotopic (exact) mass is 421 g/mol. The van der Waals surface area contributed by atoms with E-state index in [4.69, 9.17) is 9.47 Å². The first-order valence-electron chi connectivity index (χ1n) is 12.0. The van der Waals surface area contributed by atoms with E-state index in [-0.39, 0.29) is 6.10 Å². The molecule has 2 aromatic rings. The fraction of sp³-hybridized carbons (Fsp3) is 0.556. The van der Waals surface area contributed by atoms with Crippen LogP contribution in [0, 0.1) is 11.8 Å². The third-order valence-electron chi connectivity index (χ3n) is 7.75. The van der Waals surface area contributed by atoms with E-state index < -0.39 is 5.60 Å². The molecule has 0 saturated carbocycles. The summed E-state index contributed by atoms with van der Waals surface area (Å²) in [6.07, 6.45) is 6.08. The molecular weight excluding hydrogens is 386 g/mol.